The molecular weight excluding hydrogens is 186 g/mol. The molecule has 0 aromatic carbocycles. The normalized spacial score (nSPS) is 12.2. The summed E-state index contributed by atoms with van der Waals surface area (Å²) in [6.07, 6.45) is 7.46. The third-order valence-corrected chi connectivity index (χ3v) is 5.75. The van der Waals surface area contributed by atoms with Crippen LogP contribution in [0.2, 0.25) is 19.1 Å². The van der Waals surface area contributed by atoms with E-state index in [0.717, 1.165) is 0 Å². The highest BCUT2D eigenvalue weighted by Crippen LogP contribution is 2.11. The molecule has 0 N–H and O–H groups in total. The van der Waals surface area contributed by atoms with Crippen LogP contribution in [0.25, 0.3) is 0 Å². The number of aromatic nitrogens is 1. The maximum absolute atomic E-state index is 4.47. The molecule has 0 spiro atoms. The van der Waals surface area contributed by atoms with Crippen LogP contribution in [0.5, 0.6) is 0 Å². The van der Waals surface area contributed by atoms with Gasteiger partial charge in [-0.2, -0.15) is 0 Å². The number of rotatable bonds is 4. The van der Waals surface area contributed by atoms with Crippen LogP contribution in [0.3, 0.4) is 0 Å². The van der Waals surface area contributed by atoms with Crippen LogP contribution in [-0.2, 0) is 0 Å². The SMILES string of the molecule is C/C=C/CC[Si](C)(C)c1ccccn1. The molecular formula is C12H19NSi. The molecule has 0 amide bonds. The van der Waals surface area contributed by atoms with Crippen molar-refractivity contribution in [3.8, 4) is 0 Å². The van der Waals surface area contributed by atoms with Gasteiger partial charge in [0.2, 0.25) is 0 Å². The average molecular weight is 205 g/mol. The summed E-state index contributed by atoms with van der Waals surface area (Å²) in [5.74, 6) is 0. The zero-order valence-electron chi connectivity index (χ0n) is 9.33. The molecule has 76 valence electrons. The van der Waals surface area contributed by atoms with Gasteiger partial charge in [-0.25, -0.2) is 0 Å². The van der Waals surface area contributed by atoms with Gasteiger partial charge in [-0.15, -0.1) is 0 Å². The van der Waals surface area contributed by atoms with Crippen molar-refractivity contribution in [3.05, 3.63) is 36.5 Å². The molecule has 0 radical (unpaired) electrons. The van der Waals surface area contributed by atoms with E-state index < -0.39 is 8.07 Å². The maximum Gasteiger partial charge on any atom is 0.105 e. The summed E-state index contributed by atoms with van der Waals surface area (Å²) in [5.41, 5.74) is 0. The summed E-state index contributed by atoms with van der Waals surface area (Å²) in [6, 6.07) is 7.53. The van der Waals surface area contributed by atoms with Crippen LogP contribution >= 0.6 is 0 Å². The molecule has 1 aromatic heterocycles. The lowest BCUT2D eigenvalue weighted by Crippen LogP contribution is -2.42. The van der Waals surface area contributed by atoms with E-state index in [-0.39, 0.29) is 0 Å². The summed E-state index contributed by atoms with van der Waals surface area (Å²) in [5, 5.41) is 1.32. The van der Waals surface area contributed by atoms with Gasteiger partial charge < -0.3 is 0 Å². The Balaban J connectivity index is 2.65. The minimum absolute atomic E-state index is 1.19. The monoisotopic (exact) mass is 205 g/mol. The molecule has 0 unspecified atom stereocenters. The molecule has 0 atom stereocenters. The molecule has 0 aliphatic carbocycles. The predicted molar refractivity (Wildman–Crippen MR) is 65.6 cm³/mol. The molecule has 1 heterocycles. The Kier molecular flexibility index (Phi) is 4.08. The van der Waals surface area contributed by atoms with Crippen LogP contribution in [0.4, 0.5) is 0 Å². The van der Waals surface area contributed by atoms with E-state index in [9.17, 15) is 0 Å². The Hall–Kier alpha value is -0.893. The third kappa shape index (κ3) is 3.11. The topological polar surface area (TPSA) is 12.9 Å². The van der Waals surface area contributed by atoms with Crippen molar-refractivity contribution in [2.45, 2.75) is 32.5 Å². The van der Waals surface area contributed by atoms with Crippen molar-refractivity contribution in [3.63, 3.8) is 0 Å². The van der Waals surface area contributed by atoms with E-state index in [2.05, 4.69) is 49.3 Å². The fourth-order valence-electron chi connectivity index (χ4n) is 1.50. The lowest BCUT2D eigenvalue weighted by atomic mass is 10.4. The third-order valence-electron chi connectivity index (χ3n) is 2.53. The highest BCUT2D eigenvalue weighted by atomic mass is 28.3. The summed E-state index contributed by atoms with van der Waals surface area (Å²) in [4.78, 5) is 4.47. The van der Waals surface area contributed by atoms with Gasteiger partial charge in [0.05, 0.1) is 0 Å². The maximum atomic E-state index is 4.47. The van der Waals surface area contributed by atoms with Crippen LogP contribution in [0.1, 0.15) is 13.3 Å². The summed E-state index contributed by atoms with van der Waals surface area (Å²) in [6.45, 7) is 6.85. The summed E-state index contributed by atoms with van der Waals surface area (Å²) < 4.78 is 0. The Morgan fingerprint density at radius 1 is 1.36 bits per heavy atom. The van der Waals surface area contributed by atoms with Gasteiger partial charge in [-0.1, -0.05) is 31.3 Å². The Bertz CT molecular complexity index is 290. The van der Waals surface area contributed by atoms with Crippen molar-refractivity contribution in [2.24, 2.45) is 0 Å². The molecule has 1 aromatic rings. The van der Waals surface area contributed by atoms with Crippen LogP contribution < -0.4 is 5.32 Å². The molecule has 1 nitrogen and oxygen atoms in total. The molecule has 2 heteroatoms. The van der Waals surface area contributed by atoms with Crippen molar-refractivity contribution in [2.75, 3.05) is 0 Å². The largest absolute Gasteiger partial charge is 0.266 e. The van der Waals surface area contributed by atoms with Gasteiger partial charge in [-0.05, 0) is 31.5 Å². The molecule has 0 bridgehead atoms. The van der Waals surface area contributed by atoms with Crippen LogP contribution in [0, 0.1) is 0 Å². The van der Waals surface area contributed by atoms with Gasteiger partial charge in [0, 0.05) is 11.5 Å². The number of hydrogen-bond acceptors (Lipinski definition) is 1. The number of allylic oxidation sites excluding steroid dienone is 2. The quantitative estimate of drug-likeness (QED) is 0.544. The second-order valence-electron chi connectivity index (χ2n) is 4.21. The van der Waals surface area contributed by atoms with E-state index in [1.165, 1.54) is 17.8 Å². The lowest BCUT2D eigenvalue weighted by Gasteiger charge is -2.20. The molecule has 0 aliphatic rings. The fourth-order valence-corrected chi connectivity index (χ4v) is 3.62. The van der Waals surface area contributed by atoms with Gasteiger partial charge in [-0.3, -0.25) is 4.98 Å². The number of hydrogen-bond donors (Lipinski definition) is 0. The second kappa shape index (κ2) is 5.10. The van der Waals surface area contributed by atoms with Gasteiger partial charge in [0.1, 0.15) is 8.07 Å². The van der Waals surface area contributed by atoms with Crippen molar-refractivity contribution in [1.29, 1.82) is 0 Å². The predicted octanol–water partition coefficient (Wildman–Crippen LogP) is 2.96. The molecule has 0 aliphatic heterocycles. The molecule has 14 heavy (non-hydrogen) atoms. The van der Waals surface area contributed by atoms with Gasteiger partial charge in [0.25, 0.3) is 0 Å². The van der Waals surface area contributed by atoms with E-state index in [1.54, 1.807) is 0 Å². The minimum atomic E-state index is -1.28. The smallest absolute Gasteiger partial charge is 0.105 e. The first-order valence-electron chi connectivity index (χ1n) is 5.19. The first-order valence-corrected chi connectivity index (χ1v) is 8.40. The van der Waals surface area contributed by atoms with Crippen molar-refractivity contribution in [1.82, 2.24) is 4.98 Å². The lowest BCUT2D eigenvalue weighted by molar-refractivity contribution is 1.15. The number of nitrogens with zero attached hydrogens (tertiary/aromatic N) is 1. The Morgan fingerprint density at radius 3 is 2.71 bits per heavy atom. The first kappa shape index (κ1) is 11.2. The molecule has 0 saturated heterocycles. The van der Waals surface area contributed by atoms with Gasteiger partial charge in [0.15, 0.2) is 0 Å². The van der Waals surface area contributed by atoms with Crippen molar-refractivity contribution >= 4 is 13.4 Å². The number of pyridine rings is 1. The second-order valence-corrected chi connectivity index (χ2v) is 8.99. The summed E-state index contributed by atoms with van der Waals surface area (Å²) in [7, 11) is -1.28. The molecule has 0 saturated carbocycles. The Morgan fingerprint density at radius 2 is 2.14 bits per heavy atom. The average Bonchev–Trinajstić information content (AvgIpc) is 2.19. The summed E-state index contributed by atoms with van der Waals surface area (Å²) >= 11 is 0. The van der Waals surface area contributed by atoms with E-state index in [1.807, 2.05) is 12.3 Å². The van der Waals surface area contributed by atoms with Crippen LogP contribution in [0.15, 0.2) is 36.5 Å². The minimum Gasteiger partial charge on any atom is -0.266 e. The Labute approximate surface area is 87.9 Å². The van der Waals surface area contributed by atoms with E-state index in [0.29, 0.717) is 0 Å². The highest BCUT2D eigenvalue weighted by molar-refractivity contribution is 6.89. The van der Waals surface area contributed by atoms with Gasteiger partial charge >= 0.3 is 0 Å². The first-order chi connectivity index (χ1) is 6.67. The highest BCUT2D eigenvalue weighted by Gasteiger charge is 2.23. The fraction of sp³-hybridized carbons (Fsp3) is 0.417. The zero-order chi connectivity index (χ0) is 10.4. The molecule has 0 fully saturated rings. The van der Waals surface area contributed by atoms with Crippen molar-refractivity contribution < 1.29 is 0 Å². The molecule has 1 rings (SSSR count). The van der Waals surface area contributed by atoms with E-state index in [4.69, 9.17) is 0 Å². The standard InChI is InChI=1S/C12H19NSi/c1-4-5-8-11-14(2,3)12-9-6-7-10-13-12/h4-7,9-10H,8,11H2,1-3H3/b5-4+. The zero-order valence-corrected chi connectivity index (χ0v) is 10.3. The van der Waals surface area contributed by atoms with E-state index >= 15 is 0 Å². The van der Waals surface area contributed by atoms with Crippen LogP contribution in [-0.4, -0.2) is 13.1 Å².